The summed E-state index contributed by atoms with van der Waals surface area (Å²) in [5.41, 5.74) is 0.949. The number of ether oxygens (including phenoxy) is 2. The van der Waals surface area contributed by atoms with Crippen molar-refractivity contribution >= 4 is 44.9 Å². The van der Waals surface area contributed by atoms with Gasteiger partial charge in [-0.15, -0.1) is 0 Å². The number of benzene rings is 2. The largest absolute Gasteiger partial charge is 0.513 e. The molecule has 2 N–H and O–H groups in total. The molecule has 0 spiro atoms. The van der Waals surface area contributed by atoms with Gasteiger partial charge in [0.15, 0.2) is 16.4 Å². The maximum Gasteiger partial charge on any atom is 0.513 e. The smallest absolute Gasteiger partial charge is 0.480 e. The number of nitrogens with one attached hydrogen (secondary N) is 1. The summed E-state index contributed by atoms with van der Waals surface area (Å²) in [6, 6.07) is 10.5. The van der Waals surface area contributed by atoms with Crippen molar-refractivity contribution in [3.8, 4) is 5.75 Å². The number of hydrogen-bond donors (Lipinski definition) is 2. The Morgan fingerprint density at radius 1 is 1.15 bits per heavy atom. The van der Waals surface area contributed by atoms with Gasteiger partial charge >= 0.3 is 12.1 Å². The van der Waals surface area contributed by atoms with Crippen LogP contribution in [0.3, 0.4) is 0 Å². The first-order valence-corrected chi connectivity index (χ1v) is 9.35. The van der Waals surface area contributed by atoms with Gasteiger partial charge in [0, 0.05) is 17.0 Å². The molecular formula is C16H14ClNO7S. The fourth-order valence-corrected chi connectivity index (χ4v) is 2.73. The number of esters is 1. The summed E-state index contributed by atoms with van der Waals surface area (Å²) in [6.45, 7) is -0.615. The van der Waals surface area contributed by atoms with Gasteiger partial charge in [-0.2, -0.15) is 0 Å². The SMILES string of the molecule is CS(=O)(=O)c1ccc(Nc2cc(Cl)ccc2OCC(=O)OC(=O)O)cc1. The molecule has 0 atom stereocenters. The summed E-state index contributed by atoms with van der Waals surface area (Å²) in [4.78, 5) is 21.7. The Labute approximate surface area is 154 Å². The van der Waals surface area contributed by atoms with Gasteiger partial charge < -0.3 is 19.9 Å². The molecule has 8 nitrogen and oxygen atoms in total. The van der Waals surface area contributed by atoms with Crippen LogP contribution in [0.5, 0.6) is 5.75 Å². The quantitative estimate of drug-likeness (QED) is 0.561. The third-order valence-corrected chi connectivity index (χ3v) is 4.41. The van der Waals surface area contributed by atoms with Gasteiger partial charge in [-0.25, -0.2) is 18.0 Å². The van der Waals surface area contributed by atoms with Gasteiger partial charge in [0.05, 0.1) is 10.6 Å². The van der Waals surface area contributed by atoms with E-state index in [4.69, 9.17) is 21.4 Å². The zero-order chi connectivity index (χ0) is 19.3. The summed E-state index contributed by atoms with van der Waals surface area (Å²) in [6.07, 6.45) is -0.617. The lowest BCUT2D eigenvalue weighted by atomic mass is 10.2. The highest BCUT2D eigenvalue weighted by molar-refractivity contribution is 7.90. The maximum atomic E-state index is 11.5. The molecule has 10 heteroatoms. The highest BCUT2D eigenvalue weighted by Crippen LogP contribution is 2.31. The predicted molar refractivity (Wildman–Crippen MR) is 93.9 cm³/mol. The number of rotatable bonds is 6. The standard InChI is InChI=1S/C16H14ClNO7S/c1-26(22,23)12-5-3-11(4-6-12)18-13-8-10(17)2-7-14(13)24-9-15(19)25-16(20)21/h2-8,18H,9H2,1H3,(H,20,21). The average molecular weight is 400 g/mol. The molecule has 0 heterocycles. The van der Waals surface area contributed by atoms with Crippen LogP contribution >= 0.6 is 11.6 Å². The molecule has 0 bridgehead atoms. The van der Waals surface area contributed by atoms with E-state index in [9.17, 15) is 18.0 Å². The Morgan fingerprint density at radius 3 is 2.38 bits per heavy atom. The van der Waals surface area contributed by atoms with Crippen molar-refractivity contribution in [1.82, 2.24) is 0 Å². The summed E-state index contributed by atoms with van der Waals surface area (Å²) in [5, 5.41) is 11.7. The number of carboxylic acid groups (broad SMARTS) is 1. The molecule has 0 aliphatic carbocycles. The Kier molecular flexibility index (Phi) is 6.06. The Morgan fingerprint density at radius 2 is 1.81 bits per heavy atom. The average Bonchev–Trinajstić information content (AvgIpc) is 2.53. The molecule has 138 valence electrons. The Bertz CT molecular complexity index is 926. The monoisotopic (exact) mass is 399 g/mol. The first kappa shape index (κ1) is 19.5. The highest BCUT2D eigenvalue weighted by Gasteiger charge is 2.12. The van der Waals surface area contributed by atoms with Crippen molar-refractivity contribution in [2.45, 2.75) is 4.90 Å². The molecular weight excluding hydrogens is 386 g/mol. The van der Waals surface area contributed by atoms with Gasteiger partial charge in [-0.3, -0.25) is 0 Å². The topological polar surface area (TPSA) is 119 Å². The second-order valence-corrected chi connectivity index (χ2v) is 7.54. The summed E-state index contributed by atoms with van der Waals surface area (Å²) >= 11 is 5.96. The van der Waals surface area contributed by atoms with Crippen LogP contribution in [0.2, 0.25) is 5.02 Å². The van der Waals surface area contributed by atoms with E-state index in [1.54, 1.807) is 12.1 Å². The molecule has 0 unspecified atom stereocenters. The van der Waals surface area contributed by atoms with E-state index in [1.165, 1.54) is 30.3 Å². The molecule has 2 rings (SSSR count). The number of halogens is 1. The molecule has 0 aliphatic heterocycles. The van der Waals surface area contributed by atoms with Crippen LogP contribution < -0.4 is 10.1 Å². The van der Waals surface area contributed by atoms with Crippen LogP contribution in [0.1, 0.15) is 0 Å². The molecule has 0 aromatic heterocycles. The molecule has 0 saturated carbocycles. The van der Waals surface area contributed by atoms with Crippen molar-refractivity contribution in [3.63, 3.8) is 0 Å². The van der Waals surface area contributed by atoms with Crippen LogP contribution in [0.25, 0.3) is 0 Å². The molecule has 0 saturated heterocycles. The summed E-state index contributed by atoms with van der Waals surface area (Å²) in [5.74, 6) is -0.847. The van der Waals surface area contributed by atoms with E-state index in [0.717, 1.165) is 6.26 Å². The van der Waals surface area contributed by atoms with Gasteiger partial charge in [-0.1, -0.05) is 11.6 Å². The zero-order valence-corrected chi connectivity index (χ0v) is 15.0. The second kappa shape index (κ2) is 8.07. The number of carbonyl (C=O) groups excluding carboxylic acids is 1. The number of carbonyl (C=O) groups is 2. The predicted octanol–water partition coefficient (Wildman–Crippen LogP) is 3.09. The van der Waals surface area contributed by atoms with E-state index in [2.05, 4.69) is 10.1 Å². The molecule has 26 heavy (non-hydrogen) atoms. The van der Waals surface area contributed by atoms with Gasteiger partial charge in [0.25, 0.3) is 0 Å². The van der Waals surface area contributed by atoms with Crippen molar-refractivity contribution in [1.29, 1.82) is 0 Å². The van der Waals surface area contributed by atoms with E-state index >= 15 is 0 Å². The fraction of sp³-hybridized carbons (Fsp3) is 0.125. The van der Waals surface area contributed by atoms with Crippen molar-refractivity contribution in [2.24, 2.45) is 0 Å². The van der Waals surface area contributed by atoms with E-state index in [1.807, 2.05) is 0 Å². The van der Waals surface area contributed by atoms with Gasteiger partial charge in [0.1, 0.15) is 5.75 Å². The summed E-state index contributed by atoms with van der Waals surface area (Å²) in [7, 11) is -3.31. The van der Waals surface area contributed by atoms with Crippen molar-refractivity contribution in [2.75, 3.05) is 18.2 Å². The molecule has 0 radical (unpaired) electrons. The maximum absolute atomic E-state index is 11.5. The van der Waals surface area contributed by atoms with Crippen LogP contribution in [0, 0.1) is 0 Å². The molecule has 0 aliphatic rings. The zero-order valence-electron chi connectivity index (χ0n) is 13.4. The fourth-order valence-electron chi connectivity index (χ4n) is 1.93. The molecule has 2 aromatic rings. The number of hydrogen-bond acceptors (Lipinski definition) is 7. The van der Waals surface area contributed by atoms with Crippen LogP contribution in [-0.2, 0) is 19.4 Å². The Hall–Kier alpha value is -2.78. The number of sulfone groups is 1. The molecule has 0 amide bonds. The van der Waals surface area contributed by atoms with E-state index in [-0.39, 0.29) is 10.6 Å². The van der Waals surface area contributed by atoms with Gasteiger partial charge in [-0.05, 0) is 42.5 Å². The van der Waals surface area contributed by atoms with E-state index < -0.39 is 28.6 Å². The van der Waals surface area contributed by atoms with Crippen LogP contribution in [-0.4, -0.2) is 38.5 Å². The molecule has 2 aromatic carbocycles. The lowest BCUT2D eigenvalue weighted by molar-refractivity contribution is -0.141. The molecule has 0 fully saturated rings. The highest BCUT2D eigenvalue weighted by atomic mass is 35.5. The Balaban J connectivity index is 2.16. The lowest BCUT2D eigenvalue weighted by Gasteiger charge is -2.13. The lowest BCUT2D eigenvalue weighted by Crippen LogP contribution is -2.18. The number of anilines is 2. The second-order valence-electron chi connectivity index (χ2n) is 5.09. The first-order chi connectivity index (χ1) is 12.1. The third kappa shape index (κ3) is 5.64. The normalized spacial score (nSPS) is 10.8. The third-order valence-electron chi connectivity index (χ3n) is 3.05. The minimum Gasteiger partial charge on any atom is -0.480 e. The van der Waals surface area contributed by atoms with Gasteiger partial charge in [0.2, 0.25) is 0 Å². The van der Waals surface area contributed by atoms with E-state index in [0.29, 0.717) is 16.4 Å². The minimum atomic E-state index is -3.31. The summed E-state index contributed by atoms with van der Waals surface area (Å²) < 4.78 is 32.2. The van der Waals surface area contributed by atoms with Crippen LogP contribution in [0.15, 0.2) is 47.4 Å². The first-order valence-electron chi connectivity index (χ1n) is 7.08. The van der Waals surface area contributed by atoms with Crippen molar-refractivity contribution < 1.29 is 32.6 Å². The van der Waals surface area contributed by atoms with Crippen LogP contribution in [0.4, 0.5) is 16.2 Å². The minimum absolute atomic E-state index is 0.169. The van der Waals surface area contributed by atoms with Crippen molar-refractivity contribution in [3.05, 3.63) is 47.5 Å².